The highest BCUT2D eigenvalue weighted by molar-refractivity contribution is 7.89. The van der Waals surface area contributed by atoms with Crippen LogP contribution in [0, 0.1) is 5.92 Å². The number of para-hydroxylation sites is 1. The lowest BCUT2D eigenvalue weighted by Crippen LogP contribution is -2.38. The molecular formula is C31H36N2O4S. The van der Waals surface area contributed by atoms with E-state index in [2.05, 4.69) is 4.72 Å². The summed E-state index contributed by atoms with van der Waals surface area (Å²) in [6, 6.07) is 20.4. The number of aromatic nitrogens is 1. The first-order chi connectivity index (χ1) is 18.0. The molecular weight excluding hydrogens is 496 g/mol. The molecule has 6 nitrogen and oxygen atoms in total. The van der Waals surface area contributed by atoms with Gasteiger partial charge in [-0.3, -0.25) is 0 Å². The van der Waals surface area contributed by atoms with Crippen LogP contribution in [0.25, 0.3) is 32.9 Å². The van der Waals surface area contributed by atoms with E-state index < -0.39 is 21.7 Å². The molecule has 0 saturated heterocycles. The van der Waals surface area contributed by atoms with Gasteiger partial charge in [0.1, 0.15) is 5.60 Å². The van der Waals surface area contributed by atoms with Crippen molar-refractivity contribution < 1.29 is 17.9 Å². The van der Waals surface area contributed by atoms with Gasteiger partial charge in [0.15, 0.2) is 0 Å². The van der Waals surface area contributed by atoms with Gasteiger partial charge in [-0.25, -0.2) is 22.5 Å². The summed E-state index contributed by atoms with van der Waals surface area (Å²) in [6.45, 7) is 7.50. The standard InChI is InChI=1S/C31H36N2O4S/c1-21(22-12-6-5-7-13-22)32-38(35,36)29-19-18-25(24-15-9-10-16-26(24)29)28-20-23-14-8-11-17-27(23)33(28)30(34)37-31(2,3)4/h8-11,14-22,32H,5-7,12-13H2,1-4H3. The monoisotopic (exact) mass is 532 g/mol. The number of rotatable bonds is 5. The molecule has 4 aromatic rings. The van der Waals surface area contributed by atoms with Gasteiger partial charge in [0.25, 0.3) is 0 Å². The number of hydrogen-bond acceptors (Lipinski definition) is 4. The maximum absolute atomic E-state index is 13.6. The van der Waals surface area contributed by atoms with Crippen molar-refractivity contribution in [2.24, 2.45) is 5.92 Å². The summed E-state index contributed by atoms with van der Waals surface area (Å²) in [7, 11) is -3.76. The number of carbonyl (C=O) groups is 1. The highest BCUT2D eigenvalue weighted by Gasteiger charge is 2.28. The number of nitrogens with zero attached hydrogens (tertiary/aromatic N) is 1. The van der Waals surface area contributed by atoms with Gasteiger partial charge in [-0.1, -0.05) is 67.8 Å². The molecule has 1 aliphatic rings. The number of benzene rings is 3. The minimum absolute atomic E-state index is 0.131. The zero-order valence-electron chi connectivity index (χ0n) is 22.5. The summed E-state index contributed by atoms with van der Waals surface area (Å²) in [5, 5.41) is 2.28. The lowest BCUT2D eigenvalue weighted by atomic mass is 9.85. The van der Waals surface area contributed by atoms with Crippen LogP contribution in [0.5, 0.6) is 0 Å². The van der Waals surface area contributed by atoms with Crippen molar-refractivity contribution in [2.45, 2.75) is 76.3 Å². The van der Waals surface area contributed by atoms with Gasteiger partial charge >= 0.3 is 6.09 Å². The summed E-state index contributed by atoms with van der Waals surface area (Å²) in [5.74, 6) is 0.355. The molecule has 200 valence electrons. The van der Waals surface area contributed by atoms with Crippen LogP contribution in [0.1, 0.15) is 59.8 Å². The summed E-state index contributed by atoms with van der Waals surface area (Å²) in [5.41, 5.74) is 1.49. The molecule has 3 aromatic carbocycles. The highest BCUT2D eigenvalue weighted by Crippen LogP contribution is 2.37. The Labute approximate surface area is 225 Å². The zero-order chi connectivity index (χ0) is 27.1. The van der Waals surface area contributed by atoms with Crippen molar-refractivity contribution in [2.75, 3.05) is 0 Å². The molecule has 1 N–H and O–H groups in total. The molecule has 1 heterocycles. The van der Waals surface area contributed by atoms with E-state index in [1.165, 1.54) is 6.42 Å². The van der Waals surface area contributed by atoms with Crippen molar-refractivity contribution in [3.63, 3.8) is 0 Å². The van der Waals surface area contributed by atoms with Crippen molar-refractivity contribution in [1.29, 1.82) is 0 Å². The van der Waals surface area contributed by atoms with E-state index in [1.807, 2.05) is 82.3 Å². The van der Waals surface area contributed by atoms with E-state index in [0.29, 0.717) is 17.0 Å². The predicted molar refractivity (Wildman–Crippen MR) is 153 cm³/mol. The first kappa shape index (κ1) is 26.4. The Hall–Kier alpha value is -3.16. The molecule has 1 unspecified atom stereocenters. The minimum Gasteiger partial charge on any atom is -0.443 e. The Morgan fingerprint density at radius 1 is 0.947 bits per heavy atom. The van der Waals surface area contributed by atoms with Gasteiger partial charge < -0.3 is 4.74 Å². The molecule has 1 aromatic heterocycles. The topological polar surface area (TPSA) is 77.4 Å². The lowest BCUT2D eigenvalue weighted by molar-refractivity contribution is 0.0547. The molecule has 1 aliphatic carbocycles. The van der Waals surface area contributed by atoms with Gasteiger partial charge in [0, 0.05) is 22.4 Å². The lowest BCUT2D eigenvalue weighted by Gasteiger charge is -2.28. The van der Waals surface area contributed by atoms with Crippen LogP contribution < -0.4 is 4.72 Å². The van der Waals surface area contributed by atoms with E-state index >= 15 is 0 Å². The molecule has 0 amide bonds. The normalized spacial score (nSPS) is 16.1. The Kier molecular flexibility index (Phi) is 7.09. The van der Waals surface area contributed by atoms with Crippen LogP contribution in [-0.4, -0.2) is 30.7 Å². The first-order valence-corrected chi connectivity index (χ1v) is 14.9. The van der Waals surface area contributed by atoms with Crippen molar-refractivity contribution in [3.05, 3.63) is 66.7 Å². The van der Waals surface area contributed by atoms with Crippen LogP contribution in [0.3, 0.4) is 0 Å². The molecule has 7 heteroatoms. The molecule has 0 aliphatic heterocycles. The molecule has 1 fully saturated rings. The van der Waals surface area contributed by atoms with Gasteiger partial charge in [0.2, 0.25) is 10.0 Å². The third kappa shape index (κ3) is 5.22. The van der Waals surface area contributed by atoms with Crippen molar-refractivity contribution >= 4 is 37.8 Å². The second kappa shape index (κ2) is 10.2. The number of ether oxygens (including phenoxy) is 1. The molecule has 0 spiro atoms. The largest absolute Gasteiger partial charge is 0.443 e. The smallest absolute Gasteiger partial charge is 0.419 e. The van der Waals surface area contributed by atoms with E-state index in [-0.39, 0.29) is 10.9 Å². The molecule has 0 radical (unpaired) electrons. The molecule has 5 rings (SSSR count). The summed E-state index contributed by atoms with van der Waals surface area (Å²) >= 11 is 0. The maximum Gasteiger partial charge on any atom is 0.419 e. The van der Waals surface area contributed by atoms with Crippen LogP contribution >= 0.6 is 0 Å². The van der Waals surface area contributed by atoms with E-state index in [0.717, 1.165) is 47.5 Å². The Bertz CT molecular complexity index is 1590. The number of fused-ring (bicyclic) bond motifs is 2. The number of hydrogen-bond donors (Lipinski definition) is 1. The van der Waals surface area contributed by atoms with Gasteiger partial charge in [0.05, 0.1) is 16.1 Å². The van der Waals surface area contributed by atoms with Crippen molar-refractivity contribution in [1.82, 2.24) is 9.29 Å². The fourth-order valence-corrected chi connectivity index (χ4v) is 7.15. The van der Waals surface area contributed by atoms with E-state index in [4.69, 9.17) is 4.74 Å². The summed E-state index contributed by atoms with van der Waals surface area (Å²) in [6.07, 6.45) is 5.16. The molecule has 1 saturated carbocycles. The Morgan fingerprint density at radius 3 is 2.32 bits per heavy atom. The molecule has 38 heavy (non-hydrogen) atoms. The SMILES string of the molecule is CC(NS(=O)(=O)c1ccc(-c2cc3ccccc3n2C(=O)OC(C)(C)C)c2ccccc12)C1CCCCC1. The Morgan fingerprint density at radius 2 is 1.61 bits per heavy atom. The zero-order valence-corrected chi connectivity index (χ0v) is 23.3. The van der Waals surface area contributed by atoms with Crippen LogP contribution in [0.2, 0.25) is 0 Å². The van der Waals surface area contributed by atoms with Gasteiger partial charge in [-0.15, -0.1) is 0 Å². The molecule has 1 atom stereocenters. The third-order valence-electron chi connectivity index (χ3n) is 7.43. The number of carbonyl (C=O) groups excluding carboxylic acids is 1. The predicted octanol–water partition coefficient (Wildman–Crippen LogP) is 7.49. The second-order valence-electron chi connectivity index (χ2n) is 11.4. The quantitative estimate of drug-likeness (QED) is 0.289. The highest BCUT2D eigenvalue weighted by atomic mass is 32.2. The van der Waals surface area contributed by atoms with Crippen molar-refractivity contribution in [3.8, 4) is 11.3 Å². The van der Waals surface area contributed by atoms with Crippen LogP contribution in [0.15, 0.2) is 71.6 Å². The van der Waals surface area contributed by atoms with Gasteiger partial charge in [-0.2, -0.15) is 0 Å². The molecule has 0 bridgehead atoms. The second-order valence-corrected chi connectivity index (χ2v) is 13.1. The maximum atomic E-state index is 13.6. The van der Waals surface area contributed by atoms with E-state index in [1.54, 1.807) is 16.7 Å². The minimum atomic E-state index is -3.76. The summed E-state index contributed by atoms with van der Waals surface area (Å²) < 4.78 is 37.6. The van der Waals surface area contributed by atoms with Crippen LogP contribution in [0.4, 0.5) is 4.79 Å². The fourth-order valence-electron chi connectivity index (χ4n) is 5.63. The Balaban J connectivity index is 1.62. The summed E-state index contributed by atoms with van der Waals surface area (Å²) in [4.78, 5) is 13.6. The number of nitrogens with one attached hydrogen (secondary N) is 1. The average Bonchev–Trinajstić information content (AvgIpc) is 3.27. The third-order valence-corrected chi connectivity index (χ3v) is 9.05. The average molecular weight is 533 g/mol. The van der Waals surface area contributed by atoms with E-state index in [9.17, 15) is 13.2 Å². The fraction of sp³-hybridized carbons (Fsp3) is 0.387. The number of sulfonamides is 1. The first-order valence-electron chi connectivity index (χ1n) is 13.4. The van der Waals surface area contributed by atoms with Gasteiger partial charge in [-0.05, 0) is 70.0 Å². The van der Waals surface area contributed by atoms with Crippen LogP contribution in [-0.2, 0) is 14.8 Å².